The van der Waals surface area contributed by atoms with Gasteiger partial charge >= 0.3 is 0 Å². The molecule has 6 nitrogen and oxygen atoms in total. The van der Waals surface area contributed by atoms with E-state index in [0.717, 1.165) is 49.1 Å². The summed E-state index contributed by atoms with van der Waals surface area (Å²) in [5.41, 5.74) is 3.63. The predicted octanol–water partition coefficient (Wildman–Crippen LogP) is 4.58. The zero-order valence-corrected chi connectivity index (χ0v) is 21.0. The van der Waals surface area contributed by atoms with Gasteiger partial charge in [0.25, 0.3) is 0 Å². The van der Waals surface area contributed by atoms with Crippen LogP contribution in [0.15, 0.2) is 18.2 Å². The highest BCUT2D eigenvalue weighted by molar-refractivity contribution is 5.95. The van der Waals surface area contributed by atoms with Gasteiger partial charge in [-0.3, -0.25) is 9.59 Å². The Labute approximate surface area is 197 Å². The number of nitrogens with zero attached hydrogens (tertiary/aromatic N) is 4. The summed E-state index contributed by atoms with van der Waals surface area (Å²) in [6, 6.07) is 6.57. The second-order valence-electron chi connectivity index (χ2n) is 11.4. The molecule has 6 heteroatoms. The molecule has 1 aliphatic carbocycles. The molecule has 1 amide bonds. The third-order valence-electron chi connectivity index (χ3n) is 7.10. The minimum Gasteiger partial charge on any atom is -0.344 e. The fraction of sp³-hybridized carbons (Fsp3) is 0.630. The van der Waals surface area contributed by atoms with Crippen molar-refractivity contribution in [1.29, 1.82) is 0 Å². The first-order chi connectivity index (χ1) is 15.5. The topological polar surface area (TPSA) is 68.1 Å². The Bertz CT molecular complexity index is 1040. The van der Waals surface area contributed by atoms with E-state index in [2.05, 4.69) is 48.5 Å². The largest absolute Gasteiger partial charge is 0.344 e. The van der Waals surface area contributed by atoms with E-state index in [1.165, 1.54) is 5.56 Å². The average Bonchev–Trinajstić information content (AvgIpc) is 3.41. The number of ketones is 1. The maximum Gasteiger partial charge on any atom is 0.233 e. The molecule has 1 aromatic carbocycles. The molecule has 0 bridgehead atoms. The van der Waals surface area contributed by atoms with Crippen molar-refractivity contribution in [2.75, 3.05) is 13.6 Å². The molecule has 4 rings (SSSR count). The van der Waals surface area contributed by atoms with Crippen molar-refractivity contribution >= 4 is 11.7 Å². The van der Waals surface area contributed by atoms with Crippen LogP contribution in [0.5, 0.6) is 0 Å². The zero-order chi connectivity index (χ0) is 23.9. The summed E-state index contributed by atoms with van der Waals surface area (Å²) in [5, 5.41) is 9.07. The van der Waals surface area contributed by atoms with Crippen LogP contribution in [0.25, 0.3) is 0 Å². The van der Waals surface area contributed by atoms with Gasteiger partial charge in [-0.2, -0.15) is 0 Å². The molecule has 2 aliphatic rings. The molecule has 0 spiro atoms. The lowest BCUT2D eigenvalue weighted by molar-refractivity contribution is -0.129. The summed E-state index contributed by atoms with van der Waals surface area (Å²) < 4.78 is 2.21. The molecule has 0 N–H and O–H groups in total. The van der Waals surface area contributed by atoms with Gasteiger partial charge in [-0.1, -0.05) is 44.5 Å². The van der Waals surface area contributed by atoms with Crippen LogP contribution in [0.4, 0.5) is 0 Å². The number of benzene rings is 1. The molecule has 2 heterocycles. The number of Topliss-reactive ketones (excluding diaryl/α,β-unsaturated/α-hetero) is 1. The van der Waals surface area contributed by atoms with E-state index in [9.17, 15) is 9.59 Å². The van der Waals surface area contributed by atoms with E-state index in [4.69, 9.17) is 0 Å². The fourth-order valence-corrected chi connectivity index (χ4v) is 5.07. The Morgan fingerprint density at radius 1 is 1.15 bits per heavy atom. The first-order valence-electron chi connectivity index (χ1n) is 12.3. The Morgan fingerprint density at radius 2 is 1.88 bits per heavy atom. The minimum atomic E-state index is -0.530. The summed E-state index contributed by atoms with van der Waals surface area (Å²) in [6.45, 7) is 11.3. The summed E-state index contributed by atoms with van der Waals surface area (Å²) in [7, 11) is 1.79. The van der Waals surface area contributed by atoms with Crippen molar-refractivity contribution in [2.45, 2.75) is 85.1 Å². The van der Waals surface area contributed by atoms with Crippen LogP contribution in [0, 0.1) is 25.2 Å². The Kier molecular flexibility index (Phi) is 6.47. The van der Waals surface area contributed by atoms with E-state index in [0.29, 0.717) is 24.8 Å². The monoisotopic (exact) mass is 450 g/mol. The van der Waals surface area contributed by atoms with Crippen LogP contribution in [-0.4, -0.2) is 44.9 Å². The summed E-state index contributed by atoms with van der Waals surface area (Å²) in [6.07, 6.45) is 5.55. The first kappa shape index (κ1) is 23.7. The van der Waals surface area contributed by atoms with Crippen LogP contribution >= 0.6 is 0 Å². The lowest BCUT2D eigenvalue weighted by atomic mass is 9.86. The molecule has 0 unspecified atom stereocenters. The highest BCUT2D eigenvalue weighted by atomic mass is 16.2. The molecule has 33 heavy (non-hydrogen) atoms. The number of likely N-dealkylation sites (tertiary alicyclic amines) is 1. The highest BCUT2D eigenvalue weighted by Crippen LogP contribution is 2.42. The third kappa shape index (κ3) is 5.20. The lowest BCUT2D eigenvalue weighted by Crippen LogP contribution is -2.27. The van der Waals surface area contributed by atoms with Gasteiger partial charge in [0, 0.05) is 32.5 Å². The average molecular weight is 451 g/mol. The standard InChI is InChI=1S/C27H38N4O2/c1-17-9-10-19(18(2)14-17)15-22(32)21-16-30(6)26(33)24(21)25-29-28-23(31(25)20-11-12-20)8-7-13-27(3,4)5/h9-10,14,20-21,24H,7-8,11-13,15-16H2,1-6H3/t21-,24+/m1/s1. The number of aryl methyl sites for hydroxylation is 3. The van der Waals surface area contributed by atoms with E-state index >= 15 is 0 Å². The van der Waals surface area contributed by atoms with E-state index in [-0.39, 0.29) is 23.0 Å². The van der Waals surface area contributed by atoms with Gasteiger partial charge in [0.1, 0.15) is 23.3 Å². The fourth-order valence-electron chi connectivity index (χ4n) is 5.07. The van der Waals surface area contributed by atoms with Crippen LogP contribution in [0.3, 0.4) is 0 Å². The van der Waals surface area contributed by atoms with Gasteiger partial charge in [-0.05, 0) is 56.1 Å². The highest BCUT2D eigenvalue weighted by Gasteiger charge is 2.47. The number of carbonyl (C=O) groups excluding carboxylic acids is 2. The molecule has 1 saturated heterocycles. The smallest absolute Gasteiger partial charge is 0.233 e. The SMILES string of the molecule is Cc1ccc(CC(=O)[C@H]2CN(C)C(=O)[C@@H]2c2nnc(CCCC(C)(C)C)n2C2CC2)c(C)c1. The van der Waals surface area contributed by atoms with Crippen molar-refractivity contribution in [3.8, 4) is 0 Å². The summed E-state index contributed by atoms with van der Waals surface area (Å²) in [5.74, 6) is 0.870. The molecule has 2 aromatic rings. The predicted molar refractivity (Wildman–Crippen MR) is 129 cm³/mol. The quantitative estimate of drug-likeness (QED) is 0.590. The third-order valence-corrected chi connectivity index (χ3v) is 7.10. The van der Waals surface area contributed by atoms with Crippen molar-refractivity contribution in [2.24, 2.45) is 11.3 Å². The Hall–Kier alpha value is -2.50. The van der Waals surface area contributed by atoms with Gasteiger partial charge in [-0.15, -0.1) is 10.2 Å². The number of rotatable bonds is 8. The van der Waals surface area contributed by atoms with Crippen molar-refractivity contribution in [1.82, 2.24) is 19.7 Å². The minimum absolute atomic E-state index is 0.00970. The summed E-state index contributed by atoms with van der Waals surface area (Å²) in [4.78, 5) is 28.4. The van der Waals surface area contributed by atoms with Gasteiger partial charge < -0.3 is 9.47 Å². The first-order valence-corrected chi connectivity index (χ1v) is 12.3. The lowest BCUT2D eigenvalue weighted by Gasteiger charge is -2.19. The van der Waals surface area contributed by atoms with E-state index in [1.807, 2.05) is 19.1 Å². The molecule has 2 fully saturated rings. The maximum absolute atomic E-state index is 13.5. The number of hydrogen-bond acceptors (Lipinski definition) is 4. The Morgan fingerprint density at radius 3 is 2.52 bits per heavy atom. The molecule has 1 saturated carbocycles. The zero-order valence-electron chi connectivity index (χ0n) is 21.0. The molecule has 178 valence electrons. The molecule has 1 aromatic heterocycles. The van der Waals surface area contributed by atoms with Gasteiger partial charge in [-0.25, -0.2) is 0 Å². The number of amides is 1. The molecule has 1 aliphatic heterocycles. The molecular weight excluding hydrogens is 412 g/mol. The number of aromatic nitrogens is 3. The van der Waals surface area contributed by atoms with Crippen molar-refractivity contribution in [3.05, 3.63) is 46.5 Å². The van der Waals surface area contributed by atoms with E-state index in [1.54, 1.807) is 11.9 Å². The van der Waals surface area contributed by atoms with Gasteiger partial charge in [0.2, 0.25) is 5.91 Å². The number of likely N-dealkylation sites (N-methyl/N-ethyl adjacent to an activating group) is 1. The second kappa shape index (κ2) is 9.03. The molecular formula is C27H38N4O2. The van der Waals surface area contributed by atoms with Crippen molar-refractivity contribution < 1.29 is 9.59 Å². The van der Waals surface area contributed by atoms with Crippen LogP contribution < -0.4 is 0 Å². The molecule has 2 atom stereocenters. The van der Waals surface area contributed by atoms with Crippen LogP contribution in [-0.2, 0) is 22.4 Å². The van der Waals surface area contributed by atoms with Gasteiger partial charge in [0.15, 0.2) is 0 Å². The molecule has 0 radical (unpaired) electrons. The summed E-state index contributed by atoms with van der Waals surface area (Å²) >= 11 is 0. The van der Waals surface area contributed by atoms with Crippen molar-refractivity contribution in [3.63, 3.8) is 0 Å². The van der Waals surface area contributed by atoms with Crippen LogP contribution in [0.1, 0.15) is 86.8 Å². The number of carbonyl (C=O) groups is 2. The van der Waals surface area contributed by atoms with E-state index < -0.39 is 5.92 Å². The van der Waals surface area contributed by atoms with Crippen LogP contribution in [0.2, 0.25) is 0 Å². The maximum atomic E-state index is 13.5. The normalized spacial score (nSPS) is 21.2. The second-order valence-corrected chi connectivity index (χ2v) is 11.4. The Balaban J connectivity index is 1.59. The number of hydrogen-bond donors (Lipinski definition) is 0. The van der Waals surface area contributed by atoms with Gasteiger partial charge in [0.05, 0.1) is 5.92 Å².